The van der Waals surface area contributed by atoms with Crippen LogP contribution in [-0.2, 0) is 23.7 Å². The van der Waals surface area contributed by atoms with E-state index in [-0.39, 0.29) is 86.1 Å². The summed E-state index contributed by atoms with van der Waals surface area (Å²) in [6.45, 7) is 16.2. The van der Waals surface area contributed by atoms with Gasteiger partial charge >= 0.3 is 5.79 Å². The Bertz CT molecular complexity index is 1950. The van der Waals surface area contributed by atoms with Gasteiger partial charge in [0.25, 0.3) is 11.7 Å². The number of aliphatic hydroxyl groups excluding tert-OH is 1. The Balaban J connectivity index is 1.52. The van der Waals surface area contributed by atoms with Crippen LogP contribution in [0.1, 0.15) is 81.5 Å². The molecule has 2 saturated heterocycles. The number of ether oxygens (including phenoxy) is 5. The molecule has 2 aromatic rings. The van der Waals surface area contributed by atoms with Crippen LogP contribution in [0, 0.1) is 30.6 Å². The normalized spacial score (nSPS) is 33.1. The molecule has 1 amide bonds. The number of ketones is 1. The summed E-state index contributed by atoms with van der Waals surface area (Å²) >= 11 is 3.04. The van der Waals surface area contributed by atoms with Crippen molar-refractivity contribution in [3.63, 3.8) is 0 Å². The maximum absolute atomic E-state index is 14.4. The highest BCUT2D eigenvalue weighted by atomic mass is 32.2. The fraction of sp³-hybridized carbons (Fsp3) is 0.561. The van der Waals surface area contributed by atoms with Crippen LogP contribution in [0.25, 0.3) is 10.8 Å². The molecule has 5 aliphatic heterocycles. The lowest BCUT2D eigenvalue weighted by atomic mass is 9.77. The summed E-state index contributed by atoms with van der Waals surface area (Å²) in [6.07, 6.45) is 6.05. The Morgan fingerprint density at radius 2 is 1.51 bits per heavy atom. The maximum Gasteiger partial charge on any atom is 0.312 e. The predicted octanol–water partition coefficient (Wildman–Crippen LogP) is 7.46. The molecule has 14 heteroatoms. The highest BCUT2D eigenvalue weighted by Crippen LogP contribution is 2.60. The van der Waals surface area contributed by atoms with Crippen molar-refractivity contribution >= 4 is 51.7 Å². The number of aromatic hydroxyl groups is 3. The lowest BCUT2D eigenvalue weighted by molar-refractivity contribution is -0.341. The number of nitrogens with one attached hydrogen (secondary N) is 1. The van der Waals surface area contributed by atoms with Crippen LogP contribution in [0.4, 0.5) is 5.69 Å². The Kier molecular flexibility index (Phi) is 11.6. The van der Waals surface area contributed by atoms with Crippen LogP contribution in [0.15, 0.2) is 36.1 Å². The molecule has 0 aromatic heterocycles. The first-order chi connectivity index (χ1) is 25.8. The van der Waals surface area contributed by atoms with Crippen LogP contribution in [-0.4, -0.2) is 86.7 Å². The van der Waals surface area contributed by atoms with E-state index in [1.165, 1.54) is 43.6 Å². The van der Waals surface area contributed by atoms with Gasteiger partial charge in [0.05, 0.1) is 51.9 Å². The second-order valence-electron chi connectivity index (χ2n) is 15.7. The molecular weight excluding hydrogens is 747 g/mol. The zero-order valence-electron chi connectivity index (χ0n) is 33.0. The second-order valence-corrected chi connectivity index (χ2v) is 18.4. The molecule has 7 bridgehead atoms. The van der Waals surface area contributed by atoms with Crippen molar-refractivity contribution in [1.82, 2.24) is 0 Å². The van der Waals surface area contributed by atoms with Gasteiger partial charge in [-0.15, -0.1) is 23.5 Å². The van der Waals surface area contributed by atoms with Gasteiger partial charge in [0, 0.05) is 71.3 Å². The number of phenolic OH excluding ortho intramolecular Hbond substituents is 3. The second kappa shape index (κ2) is 15.5. The molecule has 5 heterocycles. The van der Waals surface area contributed by atoms with Gasteiger partial charge in [0.2, 0.25) is 0 Å². The molecule has 0 saturated carbocycles. The number of hydrogen-bond acceptors (Lipinski definition) is 13. The summed E-state index contributed by atoms with van der Waals surface area (Å²) in [5.74, 6) is -4.91. The molecule has 7 rings (SSSR count). The first kappa shape index (κ1) is 41.2. The molecule has 55 heavy (non-hydrogen) atoms. The van der Waals surface area contributed by atoms with E-state index in [1.807, 2.05) is 47.6 Å². The number of carbonyl (C=O) groups excluding carboxylic acids is 2. The van der Waals surface area contributed by atoms with Crippen molar-refractivity contribution in [2.24, 2.45) is 23.7 Å². The van der Waals surface area contributed by atoms with E-state index in [9.17, 15) is 30.0 Å². The maximum atomic E-state index is 14.4. The molecule has 5 aliphatic rings. The number of fused-ring (bicyclic) bond motifs is 10. The van der Waals surface area contributed by atoms with Gasteiger partial charge in [0.15, 0.2) is 11.5 Å². The Labute approximate surface area is 330 Å². The van der Waals surface area contributed by atoms with Gasteiger partial charge in [-0.2, -0.15) is 0 Å². The fourth-order valence-corrected chi connectivity index (χ4v) is 11.1. The molecule has 300 valence electrons. The minimum absolute atomic E-state index is 0.00560. The number of phenols is 3. The van der Waals surface area contributed by atoms with Crippen molar-refractivity contribution in [3.8, 4) is 23.0 Å². The van der Waals surface area contributed by atoms with Gasteiger partial charge in [-0.1, -0.05) is 45.9 Å². The largest absolute Gasteiger partial charge is 0.507 e. The zero-order chi connectivity index (χ0) is 40.3. The van der Waals surface area contributed by atoms with E-state index in [1.54, 1.807) is 32.3 Å². The number of rotatable bonds is 2. The summed E-state index contributed by atoms with van der Waals surface area (Å²) in [5, 5.41) is 49.6. The minimum Gasteiger partial charge on any atom is -0.507 e. The third-order valence-corrected chi connectivity index (χ3v) is 14.4. The Hall–Kier alpha value is -3.40. The Morgan fingerprint density at radius 3 is 2.15 bits per heavy atom. The van der Waals surface area contributed by atoms with Crippen molar-refractivity contribution < 1.29 is 53.7 Å². The number of hydrogen-bond donors (Lipinski definition) is 5. The highest BCUT2D eigenvalue weighted by molar-refractivity contribution is 8.19. The van der Waals surface area contributed by atoms with Crippen molar-refractivity contribution in [2.45, 2.75) is 103 Å². The van der Waals surface area contributed by atoms with E-state index in [0.717, 1.165) is 11.5 Å². The van der Waals surface area contributed by atoms with Crippen molar-refractivity contribution in [3.05, 3.63) is 52.8 Å². The molecule has 5 N–H and O–H groups in total. The zero-order valence-corrected chi connectivity index (χ0v) is 34.6. The standard InChI is InChI=1S/C41H53NO11S2/c1-18-12-11-13-19(2)38(48)42-29-28(39-54-16-17-55-39)32(45)25-26(33(29)46)31(44)22(5)36-27(25)37(47)41(9,53-36)50-15-14-24(49-10)20(3)34-23(6)35(21(4)30(18)43)52-40(7,8)51-34/h11-15,18,20-21,23-24,30,34-35,39,43-46H,16-17H2,1-10H3,(H,42,48)/t18-,20-,21-,23-,24+,30-,34-,35+,41-/m0/s1. The smallest absolute Gasteiger partial charge is 0.312 e. The molecule has 12 nitrogen and oxygen atoms in total. The monoisotopic (exact) mass is 799 g/mol. The first-order valence-corrected chi connectivity index (χ1v) is 20.7. The molecule has 2 fully saturated rings. The van der Waals surface area contributed by atoms with E-state index in [2.05, 4.69) is 5.32 Å². The van der Waals surface area contributed by atoms with Gasteiger partial charge in [-0.25, -0.2) is 0 Å². The molecule has 0 unspecified atom stereocenters. The third kappa shape index (κ3) is 7.34. The number of amides is 1. The van der Waals surface area contributed by atoms with E-state index >= 15 is 0 Å². The molecule has 0 aliphatic carbocycles. The minimum atomic E-state index is -1.92. The quantitative estimate of drug-likeness (QED) is 0.150. The van der Waals surface area contributed by atoms with Gasteiger partial charge in [-0.3, -0.25) is 9.59 Å². The predicted molar refractivity (Wildman–Crippen MR) is 214 cm³/mol. The van der Waals surface area contributed by atoms with Crippen LogP contribution in [0.5, 0.6) is 23.0 Å². The van der Waals surface area contributed by atoms with Gasteiger partial charge in [0.1, 0.15) is 17.2 Å². The molecule has 2 aromatic carbocycles. The van der Waals surface area contributed by atoms with Gasteiger partial charge in [-0.05, 0) is 33.8 Å². The number of anilines is 1. The van der Waals surface area contributed by atoms with Crippen molar-refractivity contribution in [2.75, 3.05) is 23.9 Å². The third-order valence-electron chi connectivity index (χ3n) is 11.4. The van der Waals surface area contributed by atoms with Crippen molar-refractivity contribution in [1.29, 1.82) is 0 Å². The average Bonchev–Trinajstić information content (AvgIpc) is 3.76. The van der Waals surface area contributed by atoms with Crippen LogP contribution in [0.2, 0.25) is 0 Å². The number of methoxy groups -OCH3 is 1. The number of benzene rings is 2. The van der Waals surface area contributed by atoms with E-state index in [4.69, 9.17) is 23.7 Å². The summed E-state index contributed by atoms with van der Waals surface area (Å²) in [4.78, 5) is 28.1. The number of aliphatic hydroxyl groups is 1. The topological polar surface area (TPSA) is 173 Å². The van der Waals surface area contributed by atoms with E-state index in [0.29, 0.717) is 0 Å². The van der Waals surface area contributed by atoms with E-state index < -0.39 is 51.6 Å². The van der Waals surface area contributed by atoms with Crippen LogP contribution < -0.4 is 10.1 Å². The van der Waals surface area contributed by atoms with Crippen LogP contribution in [0.3, 0.4) is 0 Å². The molecule has 0 radical (unpaired) electrons. The lowest BCUT2D eigenvalue weighted by Gasteiger charge is -2.50. The summed E-state index contributed by atoms with van der Waals surface area (Å²) in [7, 11) is 1.57. The number of Topliss-reactive ketones (excluding diaryl/α,β-unsaturated/α-hetero) is 1. The SMILES string of the molecule is CO[C@@H]1C=CO[C@@]2(C)Oc3c(C)c(O)c4c(O)c(c(C5SCCS5)c(O)c4c3C2=O)NC(=O)C(C)=CC=C[C@H](C)[C@H](O)[C@H](C)[C@H]2OC(C)(C)O[C@H]([C@@H]2C)[C@H]1C. The molecule has 0 spiro atoms. The fourth-order valence-electron chi connectivity index (χ4n) is 8.19. The summed E-state index contributed by atoms with van der Waals surface area (Å²) < 4.78 is 30.7. The lowest BCUT2D eigenvalue weighted by Crippen LogP contribution is -2.57. The number of allylic oxidation sites excluding steroid dienone is 2. The number of thioether (sulfide) groups is 2. The van der Waals surface area contributed by atoms with Gasteiger partial charge < -0.3 is 49.4 Å². The number of carbonyl (C=O) groups is 2. The van der Waals surface area contributed by atoms with Crippen LogP contribution >= 0.6 is 23.5 Å². The molecule has 9 atom stereocenters. The summed E-state index contributed by atoms with van der Waals surface area (Å²) in [6, 6.07) is 0. The Morgan fingerprint density at radius 1 is 0.873 bits per heavy atom. The summed E-state index contributed by atoms with van der Waals surface area (Å²) in [5.41, 5.74) is 0.506. The first-order valence-electron chi connectivity index (χ1n) is 18.6. The highest BCUT2D eigenvalue weighted by Gasteiger charge is 2.51. The average molecular weight is 800 g/mol. The molecular formula is C41H53NO11S2.